The molecule has 0 aromatic carbocycles. The summed E-state index contributed by atoms with van der Waals surface area (Å²) in [5, 5.41) is 6.68. The molecule has 0 radical (unpaired) electrons. The van der Waals surface area contributed by atoms with Crippen molar-refractivity contribution in [2.45, 2.75) is 108 Å². The van der Waals surface area contributed by atoms with Crippen LogP contribution in [0.15, 0.2) is 12.7 Å². The first-order valence-electron chi connectivity index (χ1n) is 14.3. The molecule has 0 aromatic rings. The van der Waals surface area contributed by atoms with Crippen LogP contribution in [-0.2, 0) is 33.8 Å². The number of hydrogen-bond donors (Lipinski definition) is 3. The lowest BCUT2D eigenvalue weighted by Crippen LogP contribution is -2.58. The third-order valence-corrected chi connectivity index (χ3v) is 8.91. The van der Waals surface area contributed by atoms with Crippen molar-refractivity contribution in [2.24, 2.45) is 5.92 Å². The highest BCUT2D eigenvalue weighted by molar-refractivity contribution is 7.91. The summed E-state index contributed by atoms with van der Waals surface area (Å²) in [6, 6.07) is -3.38. The highest BCUT2D eigenvalue weighted by Crippen LogP contribution is 2.31. The summed E-state index contributed by atoms with van der Waals surface area (Å²) < 4.78 is 30.4. The van der Waals surface area contributed by atoms with Gasteiger partial charge in [0, 0.05) is 19.3 Å². The number of carbonyl (C=O) groups is 5. The average Bonchev–Trinajstić information content (AvgIpc) is 3.35. The van der Waals surface area contributed by atoms with Crippen molar-refractivity contribution < 1.29 is 37.1 Å². The van der Waals surface area contributed by atoms with Gasteiger partial charge in [-0.3, -0.25) is 19.2 Å². The number of rotatable bonds is 12. The van der Waals surface area contributed by atoms with E-state index in [1.54, 1.807) is 27.7 Å². The Morgan fingerprint density at radius 3 is 2.24 bits per heavy atom. The minimum Gasteiger partial charge on any atom is -0.444 e. The van der Waals surface area contributed by atoms with Crippen molar-refractivity contribution in [1.29, 1.82) is 0 Å². The van der Waals surface area contributed by atoms with Gasteiger partial charge in [-0.05, 0) is 52.4 Å². The Hall–Kier alpha value is -2.96. The Morgan fingerprint density at radius 1 is 1.07 bits per heavy atom. The lowest BCUT2D eigenvalue weighted by atomic mass is 9.83. The molecule has 13 heteroatoms. The maximum absolute atomic E-state index is 14.0. The molecular weight excluding hydrogens is 552 g/mol. The molecule has 41 heavy (non-hydrogen) atoms. The van der Waals surface area contributed by atoms with Gasteiger partial charge < -0.3 is 25.6 Å². The van der Waals surface area contributed by atoms with Gasteiger partial charge in [-0.25, -0.2) is 13.2 Å². The number of sulfone groups is 1. The van der Waals surface area contributed by atoms with Crippen LogP contribution in [-0.4, -0.2) is 91.2 Å². The smallest absolute Gasteiger partial charge is 0.408 e. The molecule has 0 bridgehead atoms. The Labute approximate surface area is 243 Å². The first-order valence-corrected chi connectivity index (χ1v) is 16.3. The van der Waals surface area contributed by atoms with E-state index in [1.165, 1.54) is 11.0 Å². The van der Waals surface area contributed by atoms with Crippen LogP contribution < -0.4 is 16.0 Å². The summed E-state index contributed by atoms with van der Waals surface area (Å²) in [7, 11) is -3.64. The van der Waals surface area contributed by atoms with Crippen molar-refractivity contribution >= 4 is 39.4 Å². The van der Waals surface area contributed by atoms with E-state index in [9.17, 15) is 32.4 Å². The van der Waals surface area contributed by atoms with Gasteiger partial charge in [0.2, 0.25) is 17.6 Å². The van der Waals surface area contributed by atoms with Crippen molar-refractivity contribution in [3.63, 3.8) is 0 Å². The molecule has 0 aromatic heterocycles. The summed E-state index contributed by atoms with van der Waals surface area (Å²) in [5.41, 5.74) is -0.805. The van der Waals surface area contributed by atoms with E-state index >= 15 is 0 Å². The van der Waals surface area contributed by atoms with Gasteiger partial charge in [0.05, 0.1) is 11.3 Å². The van der Waals surface area contributed by atoms with Crippen LogP contribution in [0.2, 0.25) is 0 Å². The molecule has 4 atom stereocenters. The molecule has 232 valence electrons. The van der Waals surface area contributed by atoms with Gasteiger partial charge in [-0.15, -0.1) is 6.58 Å². The van der Waals surface area contributed by atoms with Crippen LogP contribution >= 0.6 is 0 Å². The predicted molar refractivity (Wildman–Crippen MR) is 154 cm³/mol. The fraction of sp³-hybridized carbons (Fsp3) is 0.750. The van der Waals surface area contributed by atoms with Crippen LogP contribution in [0.1, 0.15) is 79.1 Å². The van der Waals surface area contributed by atoms with Gasteiger partial charge in [-0.1, -0.05) is 38.7 Å². The molecule has 1 saturated carbocycles. The first kappa shape index (κ1) is 34.2. The van der Waals surface area contributed by atoms with Gasteiger partial charge in [0.15, 0.2) is 9.84 Å². The topological polar surface area (TPSA) is 168 Å². The zero-order valence-corrected chi connectivity index (χ0v) is 25.7. The van der Waals surface area contributed by atoms with Gasteiger partial charge in [-0.2, -0.15) is 0 Å². The van der Waals surface area contributed by atoms with Crippen molar-refractivity contribution in [3.05, 3.63) is 12.7 Å². The third kappa shape index (κ3) is 10.1. The molecule has 0 spiro atoms. The number of amides is 4. The molecule has 12 nitrogen and oxygen atoms in total. The van der Waals surface area contributed by atoms with Crippen molar-refractivity contribution in [1.82, 2.24) is 20.9 Å². The number of hydrogen-bond acceptors (Lipinski definition) is 8. The molecule has 2 unspecified atom stereocenters. The number of likely N-dealkylation sites (tertiary alicyclic amines) is 1. The summed E-state index contributed by atoms with van der Waals surface area (Å²) >= 11 is 0. The maximum Gasteiger partial charge on any atom is 0.408 e. The second-order valence-electron chi connectivity index (χ2n) is 11.9. The number of Topliss-reactive ketones (excluding diaryl/α,β-unsaturated/α-hetero) is 1. The molecule has 2 aliphatic rings. The van der Waals surface area contributed by atoms with E-state index in [4.69, 9.17) is 4.74 Å². The van der Waals surface area contributed by atoms with Gasteiger partial charge >= 0.3 is 6.09 Å². The van der Waals surface area contributed by atoms with Crippen LogP contribution in [0.25, 0.3) is 0 Å². The average molecular weight is 599 g/mol. The minimum absolute atomic E-state index is 0.0749. The number of ether oxygens (including phenoxy) is 1. The molecule has 3 N–H and O–H groups in total. The molecule has 1 heterocycles. The minimum atomic E-state index is -3.64. The number of carbonyl (C=O) groups excluding carboxylic acids is 5. The molecule has 2 rings (SSSR count). The quantitative estimate of drug-likeness (QED) is 0.225. The second kappa shape index (κ2) is 14.8. The van der Waals surface area contributed by atoms with E-state index in [1.807, 2.05) is 0 Å². The Bertz CT molecular complexity index is 1090. The third-order valence-electron chi connectivity index (χ3n) is 7.35. The van der Waals surface area contributed by atoms with Crippen LogP contribution in [0.4, 0.5) is 4.79 Å². The summed E-state index contributed by atoms with van der Waals surface area (Å²) in [6.45, 7) is 10.2. The molecule has 1 aliphatic carbocycles. The van der Waals surface area contributed by atoms with E-state index in [2.05, 4.69) is 22.5 Å². The lowest BCUT2D eigenvalue weighted by Gasteiger charge is -2.35. The Kier molecular flexibility index (Phi) is 12.3. The first-order chi connectivity index (χ1) is 19.1. The highest BCUT2D eigenvalue weighted by Gasteiger charge is 2.47. The van der Waals surface area contributed by atoms with Crippen LogP contribution in [0.3, 0.4) is 0 Å². The number of alkyl carbamates (subject to hydrolysis) is 1. The Morgan fingerprint density at radius 2 is 1.71 bits per heavy atom. The normalized spacial score (nSPS) is 21.3. The van der Waals surface area contributed by atoms with Gasteiger partial charge in [0.25, 0.3) is 5.91 Å². The zero-order valence-electron chi connectivity index (χ0n) is 24.9. The second-order valence-corrected chi connectivity index (χ2v) is 14.3. The Balaban J connectivity index is 2.36. The highest BCUT2D eigenvalue weighted by atomic mass is 32.2. The number of nitrogens with one attached hydrogen (secondary N) is 3. The van der Waals surface area contributed by atoms with E-state index in [-0.39, 0.29) is 31.8 Å². The fourth-order valence-corrected chi connectivity index (χ4v) is 6.26. The van der Waals surface area contributed by atoms with Crippen LogP contribution in [0, 0.1) is 5.92 Å². The van der Waals surface area contributed by atoms with E-state index in [0.717, 1.165) is 25.5 Å². The monoisotopic (exact) mass is 598 g/mol. The molecule has 1 aliphatic heterocycles. The molecule has 4 amide bonds. The molecule has 2 fully saturated rings. The fourth-order valence-electron chi connectivity index (χ4n) is 5.30. The summed E-state index contributed by atoms with van der Waals surface area (Å²) in [5.74, 6) is -3.24. The molecule has 1 saturated heterocycles. The largest absolute Gasteiger partial charge is 0.444 e. The van der Waals surface area contributed by atoms with E-state index < -0.39 is 68.4 Å². The van der Waals surface area contributed by atoms with Crippen molar-refractivity contribution in [3.8, 4) is 0 Å². The van der Waals surface area contributed by atoms with Gasteiger partial charge in [0.1, 0.15) is 17.7 Å². The summed E-state index contributed by atoms with van der Waals surface area (Å²) in [6.07, 6.45) is 6.27. The maximum atomic E-state index is 14.0. The number of ketones is 1. The number of nitrogens with zero attached hydrogens (tertiary/aromatic N) is 1. The molecular formula is C28H46N4O8S. The lowest BCUT2D eigenvalue weighted by molar-refractivity contribution is -0.143. The summed E-state index contributed by atoms with van der Waals surface area (Å²) in [4.78, 5) is 66.6. The SMILES string of the molecule is C=CCNC(=O)C(=O)C(CCC)NC(=O)[C@@H]1CC(S(C)(=O)=O)CN1C(=O)[C@H](NC(=O)OC(C)(C)C)C1CCCCC1. The van der Waals surface area contributed by atoms with E-state index in [0.29, 0.717) is 19.3 Å². The zero-order chi connectivity index (χ0) is 31.0. The van der Waals surface area contributed by atoms with Crippen molar-refractivity contribution in [2.75, 3.05) is 19.3 Å². The standard InChI is InChI=1S/C28H46N4O8S/c1-7-12-20(23(33)25(35)29-15-8-2)30-24(34)21-16-19(41(6,38)39)17-32(21)26(36)22(18-13-10-9-11-14-18)31-27(37)40-28(3,4)5/h8,18-22H,2,7,9-17H2,1,3-6H3,(H,29,35)(H,30,34)(H,31,37)/t19?,20?,21-,22+/m0/s1. The van der Waals surface area contributed by atoms with Crippen LogP contribution in [0.5, 0.6) is 0 Å². The predicted octanol–water partition coefficient (Wildman–Crippen LogP) is 1.63.